The van der Waals surface area contributed by atoms with E-state index < -0.39 is 9.84 Å². The second-order valence-electron chi connectivity index (χ2n) is 5.98. The molecule has 21 heavy (non-hydrogen) atoms. The van der Waals surface area contributed by atoms with Gasteiger partial charge in [-0.05, 0) is 43.9 Å². The van der Waals surface area contributed by atoms with Crippen LogP contribution in [0, 0.1) is 17.2 Å². The van der Waals surface area contributed by atoms with Crippen molar-refractivity contribution in [3.8, 4) is 6.07 Å². The minimum atomic E-state index is -3.33. The summed E-state index contributed by atoms with van der Waals surface area (Å²) in [6.45, 7) is 5.90. The van der Waals surface area contributed by atoms with Crippen LogP contribution < -0.4 is 0 Å². The Balaban J connectivity index is 2.05. The highest BCUT2D eigenvalue weighted by atomic mass is 32.2. The molecule has 1 aromatic rings. The van der Waals surface area contributed by atoms with Crippen molar-refractivity contribution in [1.29, 1.82) is 5.26 Å². The van der Waals surface area contributed by atoms with E-state index >= 15 is 0 Å². The van der Waals surface area contributed by atoms with Gasteiger partial charge in [0.25, 0.3) is 0 Å². The van der Waals surface area contributed by atoms with Gasteiger partial charge in [0, 0.05) is 19.1 Å². The summed E-state index contributed by atoms with van der Waals surface area (Å²) in [6, 6.07) is 8.69. The molecule has 1 aliphatic rings. The number of sulfone groups is 1. The maximum atomic E-state index is 12.4. The maximum absolute atomic E-state index is 12.4. The molecule has 2 unspecified atom stereocenters. The van der Waals surface area contributed by atoms with E-state index in [0.29, 0.717) is 24.1 Å². The molecule has 0 aromatic heterocycles. The molecule has 1 saturated heterocycles. The predicted octanol–water partition coefficient (Wildman–Crippen LogP) is 2.45. The number of hydrogen-bond acceptors (Lipinski definition) is 4. The Labute approximate surface area is 127 Å². The SMILES string of the molecule is CC1CCC(C)N(CCS(=O)(=O)c2cccc(C#N)c2)C1. The molecular formula is C16H22N2O2S. The van der Waals surface area contributed by atoms with Crippen LogP contribution in [-0.4, -0.2) is 38.2 Å². The van der Waals surface area contributed by atoms with E-state index in [9.17, 15) is 8.42 Å². The van der Waals surface area contributed by atoms with E-state index in [0.717, 1.165) is 13.0 Å². The third-order valence-corrected chi connectivity index (χ3v) is 5.91. The van der Waals surface area contributed by atoms with Crippen molar-refractivity contribution in [2.75, 3.05) is 18.8 Å². The number of piperidine rings is 1. The Hall–Kier alpha value is -1.38. The van der Waals surface area contributed by atoms with E-state index in [2.05, 4.69) is 18.7 Å². The van der Waals surface area contributed by atoms with Crippen LogP contribution in [0.5, 0.6) is 0 Å². The van der Waals surface area contributed by atoms with E-state index in [1.54, 1.807) is 18.2 Å². The van der Waals surface area contributed by atoms with Crippen molar-refractivity contribution < 1.29 is 8.42 Å². The summed E-state index contributed by atoms with van der Waals surface area (Å²) in [4.78, 5) is 2.51. The first-order valence-corrected chi connectivity index (χ1v) is 9.04. The lowest BCUT2D eigenvalue weighted by Crippen LogP contribution is -2.43. The van der Waals surface area contributed by atoms with Crippen LogP contribution in [0.4, 0.5) is 0 Å². The van der Waals surface area contributed by atoms with Crippen LogP contribution in [0.1, 0.15) is 32.3 Å². The largest absolute Gasteiger partial charge is 0.299 e. The molecule has 0 saturated carbocycles. The fourth-order valence-electron chi connectivity index (χ4n) is 2.81. The number of benzene rings is 1. The fraction of sp³-hybridized carbons (Fsp3) is 0.562. The first-order valence-electron chi connectivity index (χ1n) is 7.39. The van der Waals surface area contributed by atoms with Crippen LogP contribution >= 0.6 is 0 Å². The fourth-order valence-corrected chi connectivity index (χ4v) is 4.11. The zero-order valence-electron chi connectivity index (χ0n) is 12.6. The van der Waals surface area contributed by atoms with Gasteiger partial charge in [0.15, 0.2) is 9.84 Å². The van der Waals surface area contributed by atoms with E-state index in [1.165, 1.54) is 12.5 Å². The molecule has 0 bridgehead atoms. The van der Waals surface area contributed by atoms with Crippen LogP contribution in [0.3, 0.4) is 0 Å². The van der Waals surface area contributed by atoms with Crippen molar-refractivity contribution in [2.45, 2.75) is 37.6 Å². The van der Waals surface area contributed by atoms with E-state index in [-0.39, 0.29) is 10.6 Å². The Morgan fingerprint density at radius 2 is 2.10 bits per heavy atom. The number of rotatable bonds is 4. The molecule has 0 aliphatic carbocycles. The van der Waals surface area contributed by atoms with Crippen molar-refractivity contribution in [2.24, 2.45) is 5.92 Å². The molecule has 2 rings (SSSR count). The van der Waals surface area contributed by atoms with Gasteiger partial charge in [-0.3, -0.25) is 4.90 Å². The van der Waals surface area contributed by atoms with Gasteiger partial charge in [0.05, 0.1) is 22.3 Å². The Kier molecular flexibility index (Phi) is 5.02. The number of hydrogen-bond donors (Lipinski definition) is 0. The summed E-state index contributed by atoms with van der Waals surface area (Å²) in [6.07, 6.45) is 2.35. The average molecular weight is 306 g/mol. The highest BCUT2D eigenvalue weighted by Crippen LogP contribution is 2.22. The summed E-state index contributed by atoms with van der Waals surface area (Å²) in [5.74, 6) is 0.740. The topological polar surface area (TPSA) is 61.2 Å². The van der Waals surface area contributed by atoms with Gasteiger partial charge in [-0.1, -0.05) is 13.0 Å². The first-order chi connectivity index (χ1) is 9.92. The minimum Gasteiger partial charge on any atom is -0.299 e. The van der Waals surface area contributed by atoms with E-state index in [4.69, 9.17) is 5.26 Å². The van der Waals surface area contributed by atoms with Crippen LogP contribution in [0.2, 0.25) is 0 Å². The number of nitriles is 1. The lowest BCUT2D eigenvalue weighted by Gasteiger charge is -2.36. The molecule has 1 aliphatic heterocycles. The second-order valence-corrected chi connectivity index (χ2v) is 8.09. The van der Waals surface area contributed by atoms with Crippen molar-refractivity contribution >= 4 is 9.84 Å². The third kappa shape index (κ3) is 4.05. The molecule has 1 aromatic carbocycles. The molecule has 0 radical (unpaired) electrons. The third-order valence-electron chi connectivity index (χ3n) is 4.22. The summed E-state index contributed by atoms with van der Waals surface area (Å²) in [5, 5.41) is 8.87. The zero-order chi connectivity index (χ0) is 15.5. The van der Waals surface area contributed by atoms with Gasteiger partial charge in [0.2, 0.25) is 0 Å². The quantitative estimate of drug-likeness (QED) is 0.857. The summed E-state index contributed by atoms with van der Waals surface area (Å²) >= 11 is 0. The Bertz CT molecular complexity index is 634. The van der Waals surface area contributed by atoms with Gasteiger partial charge < -0.3 is 0 Å². The smallest absolute Gasteiger partial charge is 0.179 e. The molecular weight excluding hydrogens is 284 g/mol. The zero-order valence-corrected chi connectivity index (χ0v) is 13.4. The summed E-state index contributed by atoms with van der Waals surface area (Å²) in [5.41, 5.74) is 0.385. The van der Waals surface area contributed by atoms with Gasteiger partial charge in [-0.15, -0.1) is 0 Å². The molecule has 0 N–H and O–H groups in total. The van der Waals surface area contributed by atoms with Gasteiger partial charge in [-0.2, -0.15) is 5.26 Å². The lowest BCUT2D eigenvalue weighted by molar-refractivity contribution is 0.133. The molecule has 4 nitrogen and oxygen atoms in total. The highest BCUT2D eigenvalue weighted by Gasteiger charge is 2.24. The summed E-state index contributed by atoms with van der Waals surface area (Å²) in [7, 11) is -3.33. The standard InChI is InChI=1S/C16H22N2O2S/c1-13-6-7-14(2)18(12-13)8-9-21(19,20)16-5-3-4-15(10-16)11-17/h3-5,10,13-14H,6-9,12H2,1-2H3. The monoisotopic (exact) mass is 306 g/mol. The molecule has 0 amide bonds. The highest BCUT2D eigenvalue weighted by molar-refractivity contribution is 7.91. The van der Waals surface area contributed by atoms with Gasteiger partial charge >= 0.3 is 0 Å². The van der Waals surface area contributed by atoms with Crippen molar-refractivity contribution in [3.05, 3.63) is 29.8 Å². The van der Waals surface area contributed by atoms with Crippen molar-refractivity contribution in [1.82, 2.24) is 4.90 Å². The van der Waals surface area contributed by atoms with Crippen LogP contribution in [-0.2, 0) is 9.84 Å². The predicted molar refractivity (Wildman–Crippen MR) is 82.6 cm³/mol. The lowest BCUT2D eigenvalue weighted by atomic mass is 9.95. The first kappa shape index (κ1) is 16.0. The maximum Gasteiger partial charge on any atom is 0.179 e. The Morgan fingerprint density at radius 3 is 2.81 bits per heavy atom. The molecule has 0 spiro atoms. The second kappa shape index (κ2) is 6.59. The van der Waals surface area contributed by atoms with Crippen LogP contribution in [0.15, 0.2) is 29.2 Å². The van der Waals surface area contributed by atoms with E-state index in [1.807, 2.05) is 6.07 Å². The Morgan fingerprint density at radius 1 is 1.33 bits per heavy atom. The molecule has 2 atom stereocenters. The average Bonchev–Trinajstić information content (AvgIpc) is 2.48. The number of nitrogens with zero attached hydrogens (tertiary/aromatic N) is 2. The summed E-state index contributed by atoms with van der Waals surface area (Å²) < 4.78 is 24.8. The van der Waals surface area contributed by atoms with Crippen LogP contribution in [0.25, 0.3) is 0 Å². The molecule has 1 heterocycles. The van der Waals surface area contributed by atoms with Gasteiger partial charge in [-0.25, -0.2) is 8.42 Å². The molecule has 5 heteroatoms. The molecule has 114 valence electrons. The number of likely N-dealkylation sites (tertiary alicyclic amines) is 1. The molecule has 1 fully saturated rings. The normalized spacial score (nSPS) is 23.7. The minimum absolute atomic E-state index is 0.110. The van der Waals surface area contributed by atoms with Crippen molar-refractivity contribution in [3.63, 3.8) is 0 Å². The van der Waals surface area contributed by atoms with Gasteiger partial charge in [0.1, 0.15) is 0 Å².